The van der Waals surface area contributed by atoms with Crippen molar-refractivity contribution in [2.45, 2.75) is 0 Å². The summed E-state index contributed by atoms with van der Waals surface area (Å²) in [6.07, 6.45) is 0. The van der Waals surface area contributed by atoms with Crippen LogP contribution < -0.4 is 5.73 Å². The molecule has 13 heavy (non-hydrogen) atoms. The zero-order chi connectivity index (χ0) is 9.42. The third-order valence-corrected chi connectivity index (χ3v) is 3.33. The van der Waals surface area contributed by atoms with E-state index in [1.54, 1.807) is 12.1 Å². The topological polar surface area (TPSA) is 49.8 Å². The van der Waals surface area contributed by atoms with Crippen molar-refractivity contribution >= 4 is 38.7 Å². The first-order valence-electron chi connectivity index (χ1n) is 3.60. The zero-order valence-corrected chi connectivity index (χ0v) is 8.12. The Kier molecular flexibility index (Phi) is 1.87. The molecular formula is C9H5ClN2S. The normalized spacial score (nSPS) is 10.2. The van der Waals surface area contributed by atoms with Gasteiger partial charge in [-0.1, -0.05) is 11.6 Å². The summed E-state index contributed by atoms with van der Waals surface area (Å²) >= 11 is 7.35. The number of thiophene rings is 1. The van der Waals surface area contributed by atoms with Crippen LogP contribution in [0.5, 0.6) is 0 Å². The van der Waals surface area contributed by atoms with Gasteiger partial charge in [0.05, 0.1) is 5.02 Å². The third kappa shape index (κ3) is 1.24. The number of nitrogens with zero attached hydrogens (tertiary/aromatic N) is 1. The lowest BCUT2D eigenvalue weighted by molar-refractivity contribution is 1.52. The number of nitrogen functional groups attached to an aromatic ring is 1. The minimum Gasteiger partial charge on any atom is -0.399 e. The smallest absolute Gasteiger partial charge is 0.124 e. The second-order valence-corrected chi connectivity index (χ2v) is 4.04. The van der Waals surface area contributed by atoms with Crippen LogP contribution in [0, 0.1) is 11.3 Å². The van der Waals surface area contributed by atoms with E-state index in [1.165, 1.54) is 11.3 Å². The second kappa shape index (κ2) is 2.91. The highest BCUT2D eigenvalue weighted by atomic mass is 35.5. The highest BCUT2D eigenvalue weighted by Crippen LogP contribution is 2.35. The minimum atomic E-state index is 0.509. The van der Waals surface area contributed by atoms with Gasteiger partial charge in [0.15, 0.2) is 0 Å². The van der Waals surface area contributed by atoms with E-state index in [-0.39, 0.29) is 0 Å². The van der Waals surface area contributed by atoms with Gasteiger partial charge < -0.3 is 5.73 Å². The molecule has 4 heteroatoms. The van der Waals surface area contributed by atoms with Crippen molar-refractivity contribution in [3.63, 3.8) is 0 Å². The average Bonchev–Trinajstić information content (AvgIpc) is 2.44. The molecule has 2 nitrogen and oxygen atoms in total. The standard InChI is InChI=1S/C9H5ClN2S/c10-9-6-3-5(12)1-2-7(6)13-8(9)4-11/h1-3H,12H2. The molecule has 0 unspecified atom stereocenters. The Morgan fingerprint density at radius 3 is 2.92 bits per heavy atom. The number of fused-ring (bicyclic) bond motifs is 1. The molecule has 0 spiro atoms. The fraction of sp³-hybridized carbons (Fsp3) is 0. The van der Waals surface area contributed by atoms with Gasteiger partial charge in [-0.05, 0) is 18.2 Å². The molecule has 0 bridgehead atoms. The van der Waals surface area contributed by atoms with E-state index in [0.717, 1.165) is 10.1 Å². The lowest BCUT2D eigenvalue weighted by atomic mass is 10.2. The molecule has 0 amide bonds. The lowest BCUT2D eigenvalue weighted by Gasteiger charge is -1.92. The fourth-order valence-electron chi connectivity index (χ4n) is 1.16. The SMILES string of the molecule is N#Cc1sc2ccc(N)cc2c1Cl. The molecule has 0 radical (unpaired) electrons. The zero-order valence-electron chi connectivity index (χ0n) is 6.54. The van der Waals surface area contributed by atoms with Gasteiger partial charge >= 0.3 is 0 Å². The maximum absolute atomic E-state index is 8.73. The molecule has 2 rings (SSSR count). The Balaban J connectivity index is 2.87. The first-order chi connectivity index (χ1) is 6.22. The number of anilines is 1. The number of nitriles is 1. The molecule has 1 aromatic heterocycles. The third-order valence-electron chi connectivity index (χ3n) is 1.75. The van der Waals surface area contributed by atoms with Crippen molar-refractivity contribution < 1.29 is 0 Å². The summed E-state index contributed by atoms with van der Waals surface area (Å²) in [4.78, 5) is 0.544. The van der Waals surface area contributed by atoms with Crippen LogP contribution in [-0.4, -0.2) is 0 Å². The summed E-state index contributed by atoms with van der Waals surface area (Å²) in [5.41, 5.74) is 6.27. The number of rotatable bonds is 0. The Morgan fingerprint density at radius 2 is 2.23 bits per heavy atom. The van der Waals surface area contributed by atoms with Gasteiger partial charge in [0.25, 0.3) is 0 Å². The molecule has 0 aliphatic carbocycles. The van der Waals surface area contributed by atoms with E-state index in [1.807, 2.05) is 12.1 Å². The predicted molar refractivity (Wildman–Crippen MR) is 56.0 cm³/mol. The van der Waals surface area contributed by atoms with Crippen molar-refractivity contribution in [3.8, 4) is 6.07 Å². The second-order valence-electron chi connectivity index (χ2n) is 2.61. The Morgan fingerprint density at radius 1 is 1.46 bits per heavy atom. The van der Waals surface area contributed by atoms with E-state index in [2.05, 4.69) is 0 Å². The van der Waals surface area contributed by atoms with E-state index < -0.39 is 0 Å². The van der Waals surface area contributed by atoms with Gasteiger partial charge in [0.1, 0.15) is 10.9 Å². The van der Waals surface area contributed by atoms with Crippen LogP contribution in [0.2, 0.25) is 5.02 Å². The number of hydrogen-bond donors (Lipinski definition) is 1. The highest BCUT2D eigenvalue weighted by molar-refractivity contribution is 7.20. The number of halogens is 1. The monoisotopic (exact) mass is 208 g/mol. The van der Waals surface area contributed by atoms with Crippen LogP contribution in [0.4, 0.5) is 5.69 Å². The predicted octanol–water partition coefficient (Wildman–Crippen LogP) is 3.01. The minimum absolute atomic E-state index is 0.509. The summed E-state index contributed by atoms with van der Waals surface area (Å²) in [5, 5.41) is 10.1. The lowest BCUT2D eigenvalue weighted by Crippen LogP contribution is -1.81. The van der Waals surface area contributed by atoms with Crippen LogP contribution in [0.15, 0.2) is 18.2 Å². The van der Waals surface area contributed by atoms with Crippen LogP contribution in [0.1, 0.15) is 4.88 Å². The number of hydrogen-bond acceptors (Lipinski definition) is 3. The molecule has 1 heterocycles. The summed E-state index contributed by atoms with van der Waals surface area (Å²) in [6.45, 7) is 0. The van der Waals surface area contributed by atoms with Gasteiger partial charge in [0, 0.05) is 15.8 Å². The van der Waals surface area contributed by atoms with E-state index in [0.29, 0.717) is 15.6 Å². The summed E-state index contributed by atoms with van der Waals surface area (Å²) < 4.78 is 0.996. The highest BCUT2D eigenvalue weighted by Gasteiger charge is 2.09. The largest absolute Gasteiger partial charge is 0.399 e. The number of benzene rings is 1. The molecule has 0 saturated heterocycles. The van der Waals surface area contributed by atoms with E-state index >= 15 is 0 Å². The van der Waals surface area contributed by atoms with E-state index in [4.69, 9.17) is 22.6 Å². The summed E-state index contributed by atoms with van der Waals surface area (Å²) in [5.74, 6) is 0. The Bertz CT molecular complexity index is 510. The van der Waals surface area contributed by atoms with E-state index in [9.17, 15) is 0 Å². The van der Waals surface area contributed by atoms with Gasteiger partial charge in [-0.2, -0.15) is 5.26 Å². The van der Waals surface area contributed by atoms with Crippen LogP contribution in [-0.2, 0) is 0 Å². The molecule has 0 fully saturated rings. The van der Waals surface area contributed by atoms with Crippen molar-refractivity contribution in [2.75, 3.05) is 5.73 Å². The molecule has 0 atom stereocenters. The van der Waals surface area contributed by atoms with Crippen LogP contribution in [0.3, 0.4) is 0 Å². The maximum atomic E-state index is 8.73. The Labute approximate surface area is 84.2 Å². The van der Waals surface area contributed by atoms with Gasteiger partial charge in [0.2, 0.25) is 0 Å². The number of nitrogens with two attached hydrogens (primary N) is 1. The quantitative estimate of drug-likeness (QED) is 0.677. The molecule has 0 saturated carbocycles. The van der Waals surface area contributed by atoms with Crippen molar-refractivity contribution in [1.29, 1.82) is 5.26 Å². The molecule has 2 aromatic rings. The van der Waals surface area contributed by atoms with Crippen LogP contribution >= 0.6 is 22.9 Å². The molecule has 0 aliphatic heterocycles. The van der Waals surface area contributed by atoms with Crippen LogP contribution in [0.25, 0.3) is 10.1 Å². The Hall–Kier alpha value is -1.24. The fourth-order valence-corrected chi connectivity index (χ4v) is 2.40. The van der Waals surface area contributed by atoms with Crippen molar-refractivity contribution in [2.24, 2.45) is 0 Å². The van der Waals surface area contributed by atoms with Gasteiger partial charge in [-0.25, -0.2) is 0 Å². The molecular weight excluding hydrogens is 204 g/mol. The van der Waals surface area contributed by atoms with Crippen molar-refractivity contribution in [3.05, 3.63) is 28.1 Å². The molecule has 2 N–H and O–H groups in total. The average molecular weight is 209 g/mol. The van der Waals surface area contributed by atoms with Gasteiger partial charge in [-0.3, -0.25) is 0 Å². The molecule has 0 aliphatic rings. The summed E-state index contributed by atoms with van der Waals surface area (Å²) in [6, 6.07) is 7.52. The van der Waals surface area contributed by atoms with Gasteiger partial charge in [-0.15, -0.1) is 11.3 Å². The molecule has 64 valence electrons. The summed E-state index contributed by atoms with van der Waals surface area (Å²) in [7, 11) is 0. The first-order valence-corrected chi connectivity index (χ1v) is 4.79. The maximum Gasteiger partial charge on any atom is 0.124 e. The molecule has 1 aromatic carbocycles. The first kappa shape index (κ1) is 8.36. The van der Waals surface area contributed by atoms with Crippen molar-refractivity contribution in [1.82, 2.24) is 0 Å².